The maximum atomic E-state index is 12.2. The van der Waals surface area contributed by atoms with Gasteiger partial charge in [-0.3, -0.25) is 4.79 Å². The Bertz CT molecular complexity index is 469. The largest absolute Gasteiger partial charge is 0.382 e. The van der Waals surface area contributed by atoms with Crippen molar-refractivity contribution < 1.29 is 9.53 Å². The predicted molar refractivity (Wildman–Crippen MR) is 81.6 cm³/mol. The van der Waals surface area contributed by atoms with E-state index in [-0.39, 0.29) is 5.91 Å². The molecular weight excluding hydrogens is 276 g/mol. The van der Waals surface area contributed by atoms with E-state index in [4.69, 9.17) is 16.3 Å². The molecule has 0 aliphatic carbocycles. The van der Waals surface area contributed by atoms with Crippen LogP contribution in [0.5, 0.6) is 0 Å². The first kappa shape index (κ1) is 15.1. The molecule has 0 spiro atoms. The van der Waals surface area contributed by atoms with Crippen LogP contribution in [0.3, 0.4) is 0 Å². The average molecular weight is 297 g/mol. The van der Waals surface area contributed by atoms with Crippen molar-refractivity contribution in [2.24, 2.45) is 0 Å². The van der Waals surface area contributed by atoms with E-state index in [1.807, 2.05) is 6.07 Å². The van der Waals surface area contributed by atoms with Crippen LogP contribution in [-0.4, -0.2) is 44.2 Å². The van der Waals surface area contributed by atoms with E-state index in [9.17, 15) is 4.79 Å². The molecule has 1 heterocycles. The highest BCUT2D eigenvalue weighted by Gasteiger charge is 2.18. The summed E-state index contributed by atoms with van der Waals surface area (Å²) in [7, 11) is 3.50. The topological polar surface area (TPSA) is 41.6 Å². The fraction of sp³-hybridized carbons (Fsp3) is 0.533. The molecule has 1 aromatic rings. The van der Waals surface area contributed by atoms with Gasteiger partial charge in [-0.15, -0.1) is 0 Å². The summed E-state index contributed by atoms with van der Waals surface area (Å²) in [5.74, 6) is -0.0194. The van der Waals surface area contributed by atoms with Gasteiger partial charge >= 0.3 is 0 Å². The molecular formula is C15H21ClN2O2. The molecule has 1 N–H and O–H groups in total. The molecule has 1 fully saturated rings. The number of benzene rings is 1. The number of ether oxygens (including phenoxy) is 1. The van der Waals surface area contributed by atoms with Crippen molar-refractivity contribution >= 4 is 23.2 Å². The van der Waals surface area contributed by atoms with E-state index in [1.54, 1.807) is 31.1 Å². The van der Waals surface area contributed by atoms with E-state index in [2.05, 4.69) is 5.32 Å². The molecule has 0 radical (unpaired) electrons. The lowest BCUT2D eigenvalue weighted by atomic mass is 10.1. The third-order valence-electron chi connectivity index (χ3n) is 3.43. The highest BCUT2D eigenvalue weighted by Crippen LogP contribution is 2.24. The minimum absolute atomic E-state index is 0.0194. The molecule has 0 saturated carbocycles. The van der Waals surface area contributed by atoms with Crippen LogP contribution in [0.4, 0.5) is 5.69 Å². The van der Waals surface area contributed by atoms with Crippen LogP contribution in [0.15, 0.2) is 18.2 Å². The first-order valence-corrected chi connectivity index (χ1v) is 7.31. The molecule has 0 aromatic heterocycles. The minimum atomic E-state index is -0.0194. The number of hydrogen-bond acceptors (Lipinski definition) is 3. The number of halogens is 1. The zero-order valence-electron chi connectivity index (χ0n) is 12.0. The number of nitrogens with one attached hydrogen (secondary N) is 1. The van der Waals surface area contributed by atoms with Crippen LogP contribution in [0.25, 0.3) is 0 Å². The molecule has 1 saturated heterocycles. The van der Waals surface area contributed by atoms with Gasteiger partial charge in [-0.1, -0.05) is 11.6 Å². The van der Waals surface area contributed by atoms with Crippen LogP contribution in [0, 0.1) is 0 Å². The summed E-state index contributed by atoms with van der Waals surface area (Å²) in [5.41, 5.74) is 1.47. The number of carbonyl (C=O) groups excluding carboxylic acids is 1. The Labute approximate surface area is 125 Å². The van der Waals surface area contributed by atoms with E-state index >= 15 is 0 Å². The van der Waals surface area contributed by atoms with Crippen molar-refractivity contribution in [1.29, 1.82) is 0 Å². The van der Waals surface area contributed by atoms with Gasteiger partial charge in [0.25, 0.3) is 5.91 Å². The van der Waals surface area contributed by atoms with Crippen molar-refractivity contribution in [3.8, 4) is 0 Å². The molecule has 1 amide bonds. The maximum Gasteiger partial charge on any atom is 0.255 e. The summed E-state index contributed by atoms with van der Waals surface area (Å²) >= 11 is 6.06. The lowest BCUT2D eigenvalue weighted by Crippen LogP contribution is -2.25. The quantitative estimate of drug-likeness (QED) is 0.932. The summed E-state index contributed by atoms with van der Waals surface area (Å²) in [6.07, 6.45) is 3.03. The molecule has 20 heavy (non-hydrogen) atoms. The Morgan fingerprint density at radius 2 is 2.15 bits per heavy atom. The van der Waals surface area contributed by atoms with E-state index < -0.39 is 0 Å². The standard InChI is InChI=1S/C15H21ClN2O2/c1-18(2)15(19)13-6-5-11(16)10-14(13)17-12-4-3-8-20-9-7-12/h5-6,10,12,17H,3-4,7-9H2,1-2H3. The van der Waals surface area contributed by atoms with Crippen molar-refractivity contribution in [2.75, 3.05) is 32.6 Å². The molecule has 0 bridgehead atoms. The number of rotatable bonds is 3. The third-order valence-corrected chi connectivity index (χ3v) is 3.66. The monoisotopic (exact) mass is 296 g/mol. The van der Waals surface area contributed by atoms with E-state index in [0.29, 0.717) is 16.6 Å². The highest BCUT2D eigenvalue weighted by molar-refractivity contribution is 6.31. The lowest BCUT2D eigenvalue weighted by Gasteiger charge is -2.21. The second-order valence-electron chi connectivity index (χ2n) is 5.27. The van der Waals surface area contributed by atoms with Gasteiger partial charge < -0.3 is 15.0 Å². The van der Waals surface area contributed by atoms with Crippen LogP contribution in [0.2, 0.25) is 5.02 Å². The molecule has 5 heteroatoms. The Kier molecular flexibility index (Phi) is 5.26. The fourth-order valence-corrected chi connectivity index (χ4v) is 2.50. The van der Waals surface area contributed by atoms with Gasteiger partial charge in [0.15, 0.2) is 0 Å². The molecule has 4 nitrogen and oxygen atoms in total. The molecule has 2 rings (SSSR count). The smallest absolute Gasteiger partial charge is 0.255 e. The predicted octanol–water partition coefficient (Wildman–Crippen LogP) is 3.02. The number of nitrogens with zero attached hydrogens (tertiary/aromatic N) is 1. The van der Waals surface area contributed by atoms with Crippen LogP contribution in [0.1, 0.15) is 29.6 Å². The second kappa shape index (κ2) is 6.95. The fourth-order valence-electron chi connectivity index (χ4n) is 2.33. The summed E-state index contributed by atoms with van der Waals surface area (Å²) in [4.78, 5) is 13.8. The summed E-state index contributed by atoms with van der Waals surface area (Å²) in [5, 5.41) is 4.09. The highest BCUT2D eigenvalue weighted by atomic mass is 35.5. The van der Waals surface area contributed by atoms with E-state index in [1.165, 1.54) is 0 Å². The number of carbonyl (C=O) groups is 1. The van der Waals surface area contributed by atoms with Gasteiger partial charge in [0.05, 0.1) is 5.56 Å². The average Bonchev–Trinajstić information content (AvgIpc) is 2.67. The SMILES string of the molecule is CN(C)C(=O)c1ccc(Cl)cc1NC1CCCOCC1. The normalized spacial score (nSPS) is 19.2. The summed E-state index contributed by atoms with van der Waals surface area (Å²) in [6.45, 7) is 1.58. The number of anilines is 1. The van der Waals surface area contributed by atoms with Crippen molar-refractivity contribution in [2.45, 2.75) is 25.3 Å². The molecule has 1 aliphatic heterocycles. The van der Waals surface area contributed by atoms with Gasteiger partial charge in [-0.2, -0.15) is 0 Å². The Morgan fingerprint density at radius 3 is 2.90 bits per heavy atom. The van der Waals surface area contributed by atoms with Crippen LogP contribution < -0.4 is 5.32 Å². The van der Waals surface area contributed by atoms with Gasteiger partial charge in [0, 0.05) is 44.1 Å². The van der Waals surface area contributed by atoms with Gasteiger partial charge in [-0.25, -0.2) is 0 Å². The van der Waals surface area contributed by atoms with Gasteiger partial charge in [0.1, 0.15) is 0 Å². The van der Waals surface area contributed by atoms with Gasteiger partial charge in [-0.05, 0) is 37.5 Å². The van der Waals surface area contributed by atoms with Crippen molar-refractivity contribution in [1.82, 2.24) is 4.90 Å². The summed E-state index contributed by atoms with van der Waals surface area (Å²) in [6, 6.07) is 5.67. The number of amides is 1. The van der Waals surface area contributed by atoms with Crippen LogP contribution >= 0.6 is 11.6 Å². The molecule has 1 aliphatic rings. The molecule has 110 valence electrons. The van der Waals surface area contributed by atoms with Crippen molar-refractivity contribution in [3.05, 3.63) is 28.8 Å². The van der Waals surface area contributed by atoms with Crippen molar-refractivity contribution in [3.63, 3.8) is 0 Å². The molecule has 1 unspecified atom stereocenters. The first-order valence-electron chi connectivity index (χ1n) is 6.93. The Balaban J connectivity index is 2.20. The van der Waals surface area contributed by atoms with E-state index in [0.717, 1.165) is 38.2 Å². The maximum absolute atomic E-state index is 12.2. The second-order valence-corrected chi connectivity index (χ2v) is 5.71. The lowest BCUT2D eigenvalue weighted by molar-refractivity contribution is 0.0828. The molecule has 1 atom stereocenters. The van der Waals surface area contributed by atoms with Gasteiger partial charge in [0.2, 0.25) is 0 Å². The Morgan fingerprint density at radius 1 is 1.35 bits per heavy atom. The first-order chi connectivity index (χ1) is 9.58. The zero-order chi connectivity index (χ0) is 14.5. The van der Waals surface area contributed by atoms with Crippen LogP contribution in [-0.2, 0) is 4.74 Å². The molecule has 1 aromatic carbocycles. The minimum Gasteiger partial charge on any atom is -0.382 e. The third kappa shape index (κ3) is 3.87. The zero-order valence-corrected chi connectivity index (χ0v) is 12.7. The summed E-state index contributed by atoms with van der Waals surface area (Å²) < 4.78 is 5.46. The Hall–Kier alpha value is -1.26. The number of hydrogen-bond donors (Lipinski definition) is 1.